The van der Waals surface area contributed by atoms with Crippen LogP contribution in [0, 0.1) is 5.92 Å². The van der Waals surface area contributed by atoms with E-state index in [9.17, 15) is 4.79 Å². The molecule has 0 saturated carbocycles. The molecule has 4 heteroatoms. The monoisotopic (exact) mass is 276 g/mol. The van der Waals surface area contributed by atoms with Crippen LogP contribution < -0.4 is 5.32 Å². The number of aliphatic carboxylic acids is 1. The molecule has 1 heterocycles. The molecule has 1 aliphatic rings. The standard InChI is InChI=1S/C16H24N2O2/c1-12-8-15(17-13(2)16(19)20)11-18(9-12)10-14-6-4-3-5-7-14/h3-7,12-13,15,17H,8-11H2,1-2H3,(H,19,20)/t12?,13-,15?/m0/s1. The zero-order chi connectivity index (χ0) is 14.5. The van der Waals surface area contributed by atoms with Gasteiger partial charge < -0.3 is 10.4 Å². The van der Waals surface area contributed by atoms with Gasteiger partial charge in [-0.15, -0.1) is 0 Å². The molecule has 0 spiro atoms. The first kappa shape index (κ1) is 15.0. The van der Waals surface area contributed by atoms with E-state index >= 15 is 0 Å². The summed E-state index contributed by atoms with van der Waals surface area (Å²) in [6, 6.07) is 10.2. The van der Waals surface area contributed by atoms with E-state index in [1.807, 2.05) is 6.07 Å². The number of nitrogens with one attached hydrogen (secondary N) is 1. The molecular formula is C16H24N2O2. The fourth-order valence-corrected chi connectivity index (χ4v) is 2.98. The molecule has 110 valence electrons. The van der Waals surface area contributed by atoms with E-state index in [1.165, 1.54) is 5.56 Å². The first-order valence-electron chi connectivity index (χ1n) is 7.29. The minimum atomic E-state index is -0.780. The van der Waals surface area contributed by atoms with Crippen LogP contribution in [-0.4, -0.2) is 41.1 Å². The number of carboxylic acid groups (broad SMARTS) is 1. The molecule has 1 fully saturated rings. The van der Waals surface area contributed by atoms with Crippen molar-refractivity contribution >= 4 is 5.97 Å². The SMILES string of the molecule is CC1CC(N[C@@H](C)C(=O)O)CN(Cc2ccccc2)C1. The van der Waals surface area contributed by atoms with Crippen LogP contribution in [-0.2, 0) is 11.3 Å². The number of carboxylic acids is 1. The largest absolute Gasteiger partial charge is 0.480 e. The maximum Gasteiger partial charge on any atom is 0.320 e. The molecule has 1 aromatic carbocycles. The van der Waals surface area contributed by atoms with Gasteiger partial charge in [-0.25, -0.2) is 0 Å². The highest BCUT2D eigenvalue weighted by atomic mass is 16.4. The topological polar surface area (TPSA) is 52.6 Å². The molecule has 2 N–H and O–H groups in total. The molecule has 0 amide bonds. The molecule has 0 radical (unpaired) electrons. The number of likely N-dealkylation sites (tertiary alicyclic amines) is 1. The Morgan fingerprint density at radius 1 is 1.40 bits per heavy atom. The third-order valence-electron chi connectivity index (χ3n) is 3.84. The maximum atomic E-state index is 11.0. The molecule has 1 aliphatic heterocycles. The number of rotatable bonds is 5. The molecule has 1 aromatic rings. The highest BCUT2D eigenvalue weighted by molar-refractivity contribution is 5.72. The van der Waals surface area contributed by atoms with Crippen molar-refractivity contribution in [3.05, 3.63) is 35.9 Å². The van der Waals surface area contributed by atoms with Gasteiger partial charge in [0.1, 0.15) is 6.04 Å². The van der Waals surface area contributed by atoms with Gasteiger partial charge in [-0.05, 0) is 24.8 Å². The molecule has 3 atom stereocenters. The van der Waals surface area contributed by atoms with Gasteiger partial charge in [-0.2, -0.15) is 0 Å². The van der Waals surface area contributed by atoms with Crippen LogP contribution in [0.4, 0.5) is 0 Å². The second kappa shape index (κ2) is 6.86. The Labute approximate surface area is 120 Å². The molecule has 0 aliphatic carbocycles. The van der Waals surface area contributed by atoms with Crippen molar-refractivity contribution in [2.75, 3.05) is 13.1 Å². The first-order valence-corrected chi connectivity index (χ1v) is 7.29. The quantitative estimate of drug-likeness (QED) is 0.863. The van der Waals surface area contributed by atoms with Crippen molar-refractivity contribution in [2.24, 2.45) is 5.92 Å². The lowest BCUT2D eigenvalue weighted by atomic mass is 9.95. The van der Waals surface area contributed by atoms with Crippen molar-refractivity contribution in [1.29, 1.82) is 0 Å². The summed E-state index contributed by atoms with van der Waals surface area (Å²) in [5.74, 6) is -0.191. The van der Waals surface area contributed by atoms with Crippen LogP contribution in [0.5, 0.6) is 0 Å². The number of hydrogen-bond acceptors (Lipinski definition) is 3. The zero-order valence-corrected chi connectivity index (χ0v) is 12.2. The van der Waals surface area contributed by atoms with Crippen molar-refractivity contribution in [3.8, 4) is 0 Å². The molecule has 0 aromatic heterocycles. The lowest BCUT2D eigenvalue weighted by molar-refractivity contribution is -0.139. The van der Waals surface area contributed by atoms with Gasteiger partial charge in [0.25, 0.3) is 0 Å². The Morgan fingerprint density at radius 2 is 2.10 bits per heavy atom. The van der Waals surface area contributed by atoms with Crippen molar-refractivity contribution in [2.45, 2.75) is 38.9 Å². The van der Waals surface area contributed by atoms with Crippen LogP contribution >= 0.6 is 0 Å². The number of hydrogen-bond donors (Lipinski definition) is 2. The summed E-state index contributed by atoms with van der Waals surface area (Å²) in [7, 11) is 0. The Morgan fingerprint density at radius 3 is 2.75 bits per heavy atom. The van der Waals surface area contributed by atoms with Gasteiger partial charge in [0.2, 0.25) is 0 Å². The van der Waals surface area contributed by atoms with E-state index in [0.29, 0.717) is 5.92 Å². The molecule has 1 saturated heterocycles. The summed E-state index contributed by atoms with van der Waals surface area (Å²) >= 11 is 0. The summed E-state index contributed by atoms with van der Waals surface area (Å²) in [5, 5.41) is 12.2. The molecule has 0 bridgehead atoms. The predicted octanol–water partition coefficient (Wildman–Crippen LogP) is 1.96. The third kappa shape index (κ3) is 4.32. The average molecular weight is 276 g/mol. The Balaban J connectivity index is 1.92. The molecule has 20 heavy (non-hydrogen) atoms. The van der Waals surface area contributed by atoms with E-state index in [-0.39, 0.29) is 6.04 Å². The normalized spacial score (nSPS) is 25.3. The van der Waals surface area contributed by atoms with Crippen LogP contribution in [0.15, 0.2) is 30.3 Å². The second-order valence-electron chi connectivity index (χ2n) is 5.94. The average Bonchev–Trinajstić information content (AvgIpc) is 2.39. The van der Waals surface area contributed by atoms with Crippen molar-refractivity contribution < 1.29 is 9.90 Å². The molecule has 2 unspecified atom stereocenters. The van der Waals surface area contributed by atoms with Crippen molar-refractivity contribution in [1.82, 2.24) is 10.2 Å². The number of benzene rings is 1. The predicted molar refractivity (Wildman–Crippen MR) is 79.5 cm³/mol. The lowest BCUT2D eigenvalue weighted by Gasteiger charge is -2.37. The highest BCUT2D eigenvalue weighted by Gasteiger charge is 2.26. The third-order valence-corrected chi connectivity index (χ3v) is 3.84. The summed E-state index contributed by atoms with van der Waals surface area (Å²) in [4.78, 5) is 13.4. The van der Waals surface area contributed by atoms with Crippen molar-refractivity contribution in [3.63, 3.8) is 0 Å². The number of nitrogens with zero attached hydrogens (tertiary/aromatic N) is 1. The van der Waals surface area contributed by atoms with Gasteiger partial charge in [-0.1, -0.05) is 37.3 Å². The van der Waals surface area contributed by atoms with E-state index < -0.39 is 12.0 Å². The number of carbonyl (C=O) groups is 1. The highest BCUT2D eigenvalue weighted by Crippen LogP contribution is 2.19. The van der Waals surface area contributed by atoms with E-state index in [0.717, 1.165) is 26.1 Å². The van der Waals surface area contributed by atoms with E-state index in [2.05, 4.69) is 41.4 Å². The Hall–Kier alpha value is -1.39. The van der Waals surface area contributed by atoms with Crippen LogP contribution in [0.1, 0.15) is 25.8 Å². The fourth-order valence-electron chi connectivity index (χ4n) is 2.98. The summed E-state index contributed by atoms with van der Waals surface area (Å²) in [6.45, 7) is 6.87. The maximum absolute atomic E-state index is 11.0. The molecule has 2 rings (SSSR count). The van der Waals surface area contributed by atoms with Gasteiger partial charge in [0.05, 0.1) is 0 Å². The van der Waals surface area contributed by atoms with E-state index in [1.54, 1.807) is 6.92 Å². The van der Waals surface area contributed by atoms with Crippen LogP contribution in [0.25, 0.3) is 0 Å². The van der Waals surface area contributed by atoms with Gasteiger partial charge in [-0.3, -0.25) is 9.69 Å². The summed E-state index contributed by atoms with van der Waals surface area (Å²) in [5.41, 5.74) is 1.31. The Bertz CT molecular complexity index is 435. The minimum absolute atomic E-state index is 0.258. The van der Waals surface area contributed by atoms with Gasteiger partial charge in [0.15, 0.2) is 0 Å². The van der Waals surface area contributed by atoms with Gasteiger partial charge in [0, 0.05) is 25.7 Å². The van der Waals surface area contributed by atoms with Gasteiger partial charge >= 0.3 is 5.97 Å². The van der Waals surface area contributed by atoms with Crippen LogP contribution in [0.3, 0.4) is 0 Å². The van der Waals surface area contributed by atoms with Crippen LogP contribution in [0.2, 0.25) is 0 Å². The van der Waals surface area contributed by atoms with E-state index in [4.69, 9.17) is 5.11 Å². The molecular weight excluding hydrogens is 252 g/mol. The fraction of sp³-hybridized carbons (Fsp3) is 0.562. The molecule has 4 nitrogen and oxygen atoms in total. The lowest BCUT2D eigenvalue weighted by Crippen LogP contribution is -2.52. The zero-order valence-electron chi connectivity index (χ0n) is 12.2. The smallest absolute Gasteiger partial charge is 0.320 e. The summed E-state index contributed by atoms with van der Waals surface area (Å²) in [6.07, 6.45) is 1.04. The number of piperidine rings is 1. The minimum Gasteiger partial charge on any atom is -0.480 e. The Kier molecular flexibility index (Phi) is 5.15. The second-order valence-corrected chi connectivity index (χ2v) is 5.94. The summed E-state index contributed by atoms with van der Waals surface area (Å²) < 4.78 is 0. The first-order chi connectivity index (χ1) is 9.54.